The average Bonchev–Trinajstić information content (AvgIpc) is 2.78. The van der Waals surface area contributed by atoms with Gasteiger partial charge in [0, 0.05) is 20.1 Å². The van der Waals surface area contributed by atoms with Crippen LogP contribution in [0.4, 0.5) is 5.69 Å². The van der Waals surface area contributed by atoms with Gasteiger partial charge >= 0.3 is 0 Å². The molecule has 0 bridgehead atoms. The Morgan fingerprint density at radius 3 is 2.55 bits per heavy atom. The van der Waals surface area contributed by atoms with Crippen LogP contribution in [0.3, 0.4) is 0 Å². The SMILES string of the molecule is CCOc1cc(/C=N\N(C)c2ccccc2)ccc1OCC(=O)N1CCCCC1. The molecule has 1 amide bonds. The summed E-state index contributed by atoms with van der Waals surface area (Å²) in [4.78, 5) is 14.2. The number of hydrogen-bond acceptors (Lipinski definition) is 5. The smallest absolute Gasteiger partial charge is 0.260 e. The summed E-state index contributed by atoms with van der Waals surface area (Å²) in [5.74, 6) is 1.22. The number of hydrogen-bond donors (Lipinski definition) is 0. The van der Waals surface area contributed by atoms with E-state index in [1.54, 1.807) is 6.21 Å². The van der Waals surface area contributed by atoms with Gasteiger partial charge in [0.15, 0.2) is 18.1 Å². The van der Waals surface area contributed by atoms with Crippen molar-refractivity contribution in [3.63, 3.8) is 0 Å². The van der Waals surface area contributed by atoms with E-state index in [0.29, 0.717) is 18.1 Å². The third-order valence-electron chi connectivity index (χ3n) is 4.84. The summed E-state index contributed by atoms with van der Waals surface area (Å²) >= 11 is 0. The summed E-state index contributed by atoms with van der Waals surface area (Å²) in [5, 5.41) is 6.29. The zero-order chi connectivity index (χ0) is 20.5. The van der Waals surface area contributed by atoms with Gasteiger partial charge in [-0.3, -0.25) is 9.80 Å². The monoisotopic (exact) mass is 395 g/mol. The van der Waals surface area contributed by atoms with Crippen molar-refractivity contribution in [3.05, 3.63) is 54.1 Å². The van der Waals surface area contributed by atoms with Crippen LogP contribution in [0.5, 0.6) is 11.5 Å². The van der Waals surface area contributed by atoms with Crippen LogP contribution in [-0.4, -0.2) is 50.4 Å². The topological polar surface area (TPSA) is 54.4 Å². The fraction of sp³-hybridized carbons (Fsp3) is 0.391. The number of likely N-dealkylation sites (tertiary alicyclic amines) is 1. The summed E-state index contributed by atoms with van der Waals surface area (Å²) < 4.78 is 11.5. The van der Waals surface area contributed by atoms with Crippen molar-refractivity contribution in [2.75, 3.05) is 38.4 Å². The minimum atomic E-state index is 0.0299. The van der Waals surface area contributed by atoms with Crippen molar-refractivity contribution in [1.82, 2.24) is 4.90 Å². The van der Waals surface area contributed by atoms with Crippen LogP contribution in [0, 0.1) is 0 Å². The normalized spacial score (nSPS) is 14.1. The molecule has 1 fully saturated rings. The molecule has 0 atom stereocenters. The van der Waals surface area contributed by atoms with Gasteiger partial charge in [0.2, 0.25) is 0 Å². The predicted octanol–water partition coefficient (Wildman–Crippen LogP) is 3.95. The molecule has 0 radical (unpaired) electrons. The zero-order valence-corrected chi connectivity index (χ0v) is 17.2. The van der Waals surface area contributed by atoms with Crippen molar-refractivity contribution in [1.29, 1.82) is 0 Å². The van der Waals surface area contributed by atoms with E-state index in [4.69, 9.17) is 9.47 Å². The molecule has 6 nitrogen and oxygen atoms in total. The highest BCUT2D eigenvalue weighted by atomic mass is 16.5. The molecule has 3 rings (SSSR count). The Kier molecular flexibility index (Phi) is 7.50. The molecule has 154 valence electrons. The highest BCUT2D eigenvalue weighted by molar-refractivity contribution is 5.82. The largest absolute Gasteiger partial charge is 0.490 e. The van der Waals surface area contributed by atoms with Crippen LogP contribution in [0.1, 0.15) is 31.7 Å². The molecule has 1 aliphatic rings. The molecule has 0 unspecified atom stereocenters. The van der Waals surface area contributed by atoms with Crippen LogP contribution >= 0.6 is 0 Å². The average molecular weight is 396 g/mol. The molecule has 2 aromatic carbocycles. The first-order valence-corrected chi connectivity index (χ1v) is 10.2. The Morgan fingerprint density at radius 2 is 1.83 bits per heavy atom. The lowest BCUT2D eigenvalue weighted by Gasteiger charge is -2.26. The number of carbonyl (C=O) groups is 1. The second-order valence-electron chi connectivity index (χ2n) is 6.97. The lowest BCUT2D eigenvalue weighted by atomic mass is 10.1. The van der Waals surface area contributed by atoms with Gasteiger partial charge in [0.05, 0.1) is 18.5 Å². The molecule has 1 aliphatic heterocycles. The van der Waals surface area contributed by atoms with Gasteiger partial charge in [-0.2, -0.15) is 5.10 Å². The van der Waals surface area contributed by atoms with Gasteiger partial charge in [0.1, 0.15) is 0 Å². The Labute approximate surface area is 172 Å². The van der Waals surface area contributed by atoms with Gasteiger partial charge in [0.25, 0.3) is 5.91 Å². The van der Waals surface area contributed by atoms with E-state index in [9.17, 15) is 4.79 Å². The first-order chi connectivity index (χ1) is 14.2. The number of nitrogens with zero attached hydrogens (tertiary/aromatic N) is 3. The lowest BCUT2D eigenvalue weighted by molar-refractivity contribution is -0.134. The van der Waals surface area contributed by atoms with Crippen molar-refractivity contribution < 1.29 is 14.3 Å². The molecule has 0 spiro atoms. The standard InChI is InChI=1S/C23H29N3O3/c1-3-28-22-16-19(17-24-25(2)20-10-6-4-7-11-20)12-13-21(22)29-18-23(27)26-14-8-5-9-15-26/h4,6-7,10-13,16-17H,3,5,8-9,14-15,18H2,1-2H3/b24-17-. The number of hydrazone groups is 1. The van der Waals surface area contributed by atoms with Crippen molar-refractivity contribution in [3.8, 4) is 11.5 Å². The maximum Gasteiger partial charge on any atom is 0.260 e. The molecule has 0 aliphatic carbocycles. The Balaban J connectivity index is 1.64. The van der Waals surface area contributed by atoms with Crippen molar-refractivity contribution in [2.24, 2.45) is 5.10 Å². The third-order valence-corrected chi connectivity index (χ3v) is 4.84. The van der Waals surface area contributed by atoms with Gasteiger partial charge < -0.3 is 14.4 Å². The minimum absolute atomic E-state index is 0.0299. The van der Waals surface area contributed by atoms with E-state index in [-0.39, 0.29) is 12.5 Å². The Hall–Kier alpha value is -3.02. The fourth-order valence-electron chi connectivity index (χ4n) is 3.23. The summed E-state index contributed by atoms with van der Waals surface area (Å²) in [5.41, 5.74) is 1.90. The van der Waals surface area contributed by atoms with E-state index >= 15 is 0 Å². The van der Waals surface area contributed by atoms with E-state index in [1.165, 1.54) is 6.42 Å². The molecule has 2 aromatic rings. The van der Waals surface area contributed by atoms with Crippen molar-refractivity contribution >= 4 is 17.8 Å². The van der Waals surface area contributed by atoms with Gasteiger partial charge in [-0.25, -0.2) is 0 Å². The maximum atomic E-state index is 12.4. The number of para-hydroxylation sites is 1. The fourth-order valence-corrected chi connectivity index (χ4v) is 3.23. The van der Waals surface area contributed by atoms with Gasteiger partial charge in [-0.05, 0) is 62.1 Å². The molecule has 1 saturated heterocycles. The number of rotatable bonds is 8. The minimum Gasteiger partial charge on any atom is -0.490 e. The first kappa shape index (κ1) is 20.7. The molecule has 0 saturated carbocycles. The van der Waals surface area contributed by atoms with Crippen LogP contribution in [0.2, 0.25) is 0 Å². The van der Waals surface area contributed by atoms with E-state index in [1.807, 2.05) is 72.4 Å². The Bertz CT molecular complexity index is 817. The summed E-state index contributed by atoms with van der Waals surface area (Å²) in [7, 11) is 1.90. The van der Waals surface area contributed by atoms with Crippen LogP contribution in [0.15, 0.2) is 53.6 Å². The van der Waals surface area contributed by atoms with Gasteiger partial charge in [-0.15, -0.1) is 0 Å². The predicted molar refractivity (Wildman–Crippen MR) is 116 cm³/mol. The molecule has 6 heteroatoms. The van der Waals surface area contributed by atoms with E-state index in [0.717, 1.165) is 37.2 Å². The number of amides is 1. The number of benzene rings is 2. The summed E-state index contributed by atoms with van der Waals surface area (Å²) in [6.07, 6.45) is 5.11. The zero-order valence-electron chi connectivity index (χ0n) is 17.2. The first-order valence-electron chi connectivity index (χ1n) is 10.2. The van der Waals surface area contributed by atoms with Crippen molar-refractivity contribution in [2.45, 2.75) is 26.2 Å². The number of carbonyl (C=O) groups excluding carboxylic acids is 1. The molecule has 1 heterocycles. The Morgan fingerprint density at radius 1 is 1.07 bits per heavy atom. The summed E-state index contributed by atoms with van der Waals surface area (Å²) in [6.45, 7) is 4.12. The highest BCUT2D eigenvalue weighted by Crippen LogP contribution is 2.28. The highest BCUT2D eigenvalue weighted by Gasteiger charge is 2.17. The molecule has 0 aromatic heterocycles. The van der Waals surface area contributed by atoms with Gasteiger partial charge in [-0.1, -0.05) is 18.2 Å². The lowest BCUT2D eigenvalue weighted by Crippen LogP contribution is -2.38. The van der Waals surface area contributed by atoms with Crippen LogP contribution < -0.4 is 14.5 Å². The van der Waals surface area contributed by atoms with E-state index < -0.39 is 0 Å². The van der Waals surface area contributed by atoms with Crippen LogP contribution in [0.25, 0.3) is 0 Å². The third kappa shape index (κ3) is 5.98. The molecule has 29 heavy (non-hydrogen) atoms. The van der Waals surface area contributed by atoms with E-state index in [2.05, 4.69) is 5.10 Å². The van der Waals surface area contributed by atoms with Crippen LogP contribution in [-0.2, 0) is 4.79 Å². The maximum absolute atomic E-state index is 12.4. The second kappa shape index (κ2) is 10.5. The number of anilines is 1. The quantitative estimate of drug-likeness (QED) is 0.502. The summed E-state index contributed by atoms with van der Waals surface area (Å²) in [6, 6.07) is 15.6. The molecular formula is C23H29N3O3. The molecular weight excluding hydrogens is 366 g/mol. The number of ether oxygens (including phenoxy) is 2. The number of piperidine rings is 1. The second-order valence-corrected chi connectivity index (χ2v) is 6.97. The molecule has 0 N–H and O–H groups in total.